The van der Waals surface area contributed by atoms with E-state index in [-0.39, 0.29) is 11.1 Å². The Kier molecular flexibility index (Phi) is 4.55. The number of nitrogens with zero attached hydrogens (tertiary/aromatic N) is 1. The molecule has 0 spiro atoms. The van der Waals surface area contributed by atoms with E-state index in [9.17, 15) is 10.1 Å². The van der Waals surface area contributed by atoms with Crippen molar-refractivity contribution < 1.29 is 9.35 Å². The van der Waals surface area contributed by atoms with Gasteiger partial charge in [-0.05, 0) is 46.1 Å². The molecule has 0 radical (unpaired) electrons. The highest BCUT2D eigenvalue weighted by molar-refractivity contribution is 9.10. The Morgan fingerprint density at radius 1 is 1.33 bits per heavy atom. The number of nitro groups is 1. The lowest BCUT2D eigenvalue weighted by Gasteiger charge is -2.25. The molecule has 6 heteroatoms. The summed E-state index contributed by atoms with van der Waals surface area (Å²) in [5.74, 6) is 0.623. The first-order valence-corrected chi connectivity index (χ1v) is 9.36. The minimum atomic E-state index is -1.33. The van der Waals surface area contributed by atoms with Crippen LogP contribution in [0, 0.1) is 10.1 Å². The number of hydrogen-bond donors (Lipinski definition) is 0. The van der Waals surface area contributed by atoms with Crippen LogP contribution in [0.4, 0.5) is 5.69 Å². The van der Waals surface area contributed by atoms with Crippen molar-refractivity contribution in [1.82, 2.24) is 0 Å². The van der Waals surface area contributed by atoms with Gasteiger partial charge in [0, 0.05) is 6.07 Å². The molecule has 0 unspecified atom stereocenters. The van der Waals surface area contributed by atoms with Gasteiger partial charge in [0.25, 0.3) is 5.69 Å². The molecule has 0 amide bonds. The van der Waals surface area contributed by atoms with Crippen molar-refractivity contribution in [1.29, 1.82) is 0 Å². The van der Waals surface area contributed by atoms with Crippen LogP contribution in [0.25, 0.3) is 0 Å². The quantitative estimate of drug-likeness (QED) is 0.477. The maximum atomic E-state index is 11.0. The average molecular weight is 332 g/mol. The van der Waals surface area contributed by atoms with Crippen LogP contribution in [-0.4, -0.2) is 14.0 Å². The molecule has 0 aliphatic carbocycles. The molecule has 0 saturated carbocycles. The van der Waals surface area contributed by atoms with Crippen molar-refractivity contribution >= 4 is 30.7 Å². The summed E-state index contributed by atoms with van der Waals surface area (Å²) >= 11 is 3.31. The van der Waals surface area contributed by atoms with Crippen LogP contribution in [0.1, 0.15) is 26.3 Å². The summed E-state index contributed by atoms with van der Waals surface area (Å²) in [4.78, 5) is 10.6. The standard InChI is InChI=1S/C12H18BrNO3Si/c1-12(2,3)8-6-7-9(14(15)16)10(13)11(8)17-18(4)5/h6-7,18H,1-5H3. The maximum absolute atomic E-state index is 11.0. The van der Waals surface area contributed by atoms with Crippen LogP contribution in [0.3, 0.4) is 0 Å². The van der Waals surface area contributed by atoms with Crippen LogP contribution < -0.4 is 4.43 Å². The molecule has 18 heavy (non-hydrogen) atoms. The Bertz CT molecular complexity index is 469. The van der Waals surface area contributed by atoms with Crippen molar-refractivity contribution in [3.8, 4) is 5.75 Å². The van der Waals surface area contributed by atoms with Gasteiger partial charge in [-0.1, -0.05) is 20.8 Å². The van der Waals surface area contributed by atoms with Gasteiger partial charge in [0.15, 0.2) is 0 Å². The highest BCUT2D eigenvalue weighted by atomic mass is 79.9. The fraction of sp³-hybridized carbons (Fsp3) is 0.500. The molecule has 0 heterocycles. The zero-order valence-corrected chi connectivity index (χ0v) is 14.0. The van der Waals surface area contributed by atoms with Gasteiger partial charge in [-0.25, -0.2) is 0 Å². The maximum Gasteiger partial charge on any atom is 0.287 e. The predicted octanol–water partition coefficient (Wildman–Crippen LogP) is 4.02. The Hall–Kier alpha value is -0.883. The fourth-order valence-corrected chi connectivity index (χ4v) is 3.10. The van der Waals surface area contributed by atoms with Gasteiger partial charge in [-0.3, -0.25) is 10.1 Å². The van der Waals surface area contributed by atoms with Crippen molar-refractivity contribution in [2.45, 2.75) is 39.3 Å². The molecule has 4 nitrogen and oxygen atoms in total. The molecule has 1 aromatic carbocycles. The van der Waals surface area contributed by atoms with Crippen molar-refractivity contribution in [3.63, 3.8) is 0 Å². The molecule has 0 aliphatic heterocycles. The van der Waals surface area contributed by atoms with Gasteiger partial charge in [0.05, 0.1) is 4.92 Å². The summed E-state index contributed by atoms with van der Waals surface area (Å²) in [6.07, 6.45) is 0. The SMILES string of the molecule is C[SiH](C)Oc1c(C(C)(C)C)ccc([N+](=O)[O-])c1Br. The monoisotopic (exact) mass is 331 g/mol. The molecule has 0 saturated heterocycles. The van der Waals surface area contributed by atoms with Crippen LogP contribution in [-0.2, 0) is 5.41 Å². The lowest BCUT2D eigenvalue weighted by atomic mass is 9.86. The van der Waals surface area contributed by atoms with Gasteiger partial charge < -0.3 is 4.43 Å². The van der Waals surface area contributed by atoms with Gasteiger partial charge in [-0.15, -0.1) is 0 Å². The minimum Gasteiger partial charge on any atom is -0.546 e. The first-order chi connectivity index (χ1) is 8.14. The molecular formula is C12H18BrNO3Si. The summed E-state index contributed by atoms with van der Waals surface area (Å²) in [6, 6.07) is 3.31. The largest absolute Gasteiger partial charge is 0.546 e. The van der Waals surface area contributed by atoms with E-state index in [1.807, 2.05) is 13.1 Å². The number of benzene rings is 1. The van der Waals surface area contributed by atoms with Crippen LogP contribution in [0.2, 0.25) is 13.1 Å². The average Bonchev–Trinajstić information content (AvgIpc) is 2.17. The molecule has 0 bridgehead atoms. The second kappa shape index (κ2) is 5.40. The van der Waals surface area contributed by atoms with Crippen LogP contribution >= 0.6 is 15.9 Å². The Balaban J connectivity index is 3.46. The van der Waals surface area contributed by atoms with E-state index in [1.54, 1.807) is 6.07 Å². The zero-order chi connectivity index (χ0) is 14.1. The summed E-state index contributed by atoms with van der Waals surface area (Å²) in [5, 5.41) is 11.0. The van der Waals surface area contributed by atoms with E-state index in [2.05, 4.69) is 36.7 Å². The molecule has 0 atom stereocenters. The molecular weight excluding hydrogens is 314 g/mol. The second-order valence-corrected chi connectivity index (χ2v) is 8.58. The number of halogens is 1. The van der Waals surface area contributed by atoms with E-state index in [4.69, 9.17) is 4.43 Å². The molecule has 0 aromatic heterocycles. The summed E-state index contributed by atoms with van der Waals surface area (Å²) in [7, 11) is -1.33. The predicted molar refractivity (Wildman–Crippen MR) is 79.0 cm³/mol. The van der Waals surface area contributed by atoms with Gasteiger partial charge in [0.2, 0.25) is 9.04 Å². The van der Waals surface area contributed by atoms with Crippen molar-refractivity contribution in [2.75, 3.05) is 0 Å². The van der Waals surface area contributed by atoms with Crippen molar-refractivity contribution in [3.05, 3.63) is 32.3 Å². The first kappa shape index (κ1) is 15.2. The summed E-state index contributed by atoms with van der Waals surface area (Å²) in [6.45, 7) is 10.3. The zero-order valence-electron chi connectivity index (χ0n) is 11.3. The second-order valence-electron chi connectivity index (χ2n) is 5.45. The third-order valence-electron chi connectivity index (χ3n) is 2.43. The minimum absolute atomic E-state index is 0.0488. The fourth-order valence-electron chi connectivity index (χ4n) is 1.63. The summed E-state index contributed by atoms with van der Waals surface area (Å²) in [5.41, 5.74) is 0.921. The Labute approximate surface area is 117 Å². The molecule has 0 fully saturated rings. The van der Waals surface area contributed by atoms with Crippen LogP contribution in [0.5, 0.6) is 5.75 Å². The Morgan fingerprint density at radius 2 is 1.89 bits per heavy atom. The molecule has 0 N–H and O–H groups in total. The van der Waals surface area contributed by atoms with E-state index >= 15 is 0 Å². The summed E-state index contributed by atoms with van der Waals surface area (Å²) < 4.78 is 6.33. The molecule has 0 aliphatic rings. The van der Waals surface area contributed by atoms with E-state index in [1.165, 1.54) is 6.07 Å². The third-order valence-corrected chi connectivity index (χ3v) is 3.91. The van der Waals surface area contributed by atoms with E-state index < -0.39 is 14.0 Å². The molecule has 1 aromatic rings. The van der Waals surface area contributed by atoms with E-state index in [0.717, 1.165) is 5.56 Å². The first-order valence-electron chi connectivity index (χ1n) is 5.78. The van der Waals surface area contributed by atoms with Crippen LogP contribution in [0.15, 0.2) is 16.6 Å². The molecule has 1 rings (SSSR count). The Morgan fingerprint density at radius 3 is 2.28 bits per heavy atom. The lowest BCUT2D eigenvalue weighted by Crippen LogP contribution is -2.19. The van der Waals surface area contributed by atoms with Crippen molar-refractivity contribution in [2.24, 2.45) is 0 Å². The van der Waals surface area contributed by atoms with Gasteiger partial charge >= 0.3 is 0 Å². The van der Waals surface area contributed by atoms with Gasteiger partial charge in [0.1, 0.15) is 10.2 Å². The topological polar surface area (TPSA) is 52.4 Å². The molecule has 100 valence electrons. The highest BCUT2D eigenvalue weighted by Crippen LogP contribution is 2.42. The number of hydrogen-bond acceptors (Lipinski definition) is 3. The third kappa shape index (κ3) is 3.32. The highest BCUT2D eigenvalue weighted by Gasteiger charge is 2.26. The normalized spacial score (nSPS) is 11.7. The van der Waals surface area contributed by atoms with Gasteiger partial charge in [-0.2, -0.15) is 0 Å². The van der Waals surface area contributed by atoms with E-state index in [0.29, 0.717) is 10.2 Å². The lowest BCUT2D eigenvalue weighted by molar-refractivity contribution is -0.385. The number of rotatable bonds is 3. The smallest absolute Gasteiger partial charge is 0.287 e. The number of nitro benzene ring substituents is 1.